The Morgan fingerprint density at radius 1 is 1.14 bits per heavy atom. The van der Waals surface area contributed by atoms with Crippen LogP contribution in [0.15, 0.2) is 0 Å². The maximum absolute atomic E-state index is 8.83. The van der Waals surface area contributed by atoms with E-state index in [1.165, 1.54) is 25.7 Å². The number of aliphatic hydroxyl groups excluding tert-OH is 1. The second-order valence-corrected chi connectivity index (χ2v) is 4.19. The Labute approximate surface area is 87.3 Å². The van der Waals surface area contributed by atoms with Gasteiger partial charge in [-0.1, -0.05) is 12.8 Å². The van der Waals surface area contributed by atoms with Crippen molar-refractivity contribution in [2.45, 2.75) is 44.6 Å². The summed E-state index contributed by atoms with van der Waals surface area (Å²) in [6.07, 6.45) is 7.43. The van der Waals surface area contributed by atoms with Crippen LogP contribution in [0, 0.1) is 0 Å². The van der Waals surface area contributed by atoms with Gasteiger partial charge in [0, 0.05) is 19.2 Å². The molecular formula is C11H24N2O. The van der Waals surface area contributed by atoms with E-state index in [0.717, 1.165) is 38.5 Å². The number of rotatable bonds is 7. The Hall–Kier alpha value is -0.120. The van der Waals surface area contributed by atoms with Crippen molar-refractivity contribution in [1.82, 2.24) is 4.90 Å². The van der Waals surface area contributed by atoms with Crippen molar-refractivity contribution in [3.8, 4) is 0 Å². The van der Waals surface area contributed by atoms with Gasteiger partial charge in [0.2, 0.25) is 0 Å². The van der Waals surface area contributed by atoms with Gasteiger partial charge in [0.05, 0.1) is 0 Å². The van der Waals surface area contributed by atoms with Crippen molar-refractivity contribution in [3.63, 3.8) is 0 Å². The average molecular weight is 200 g/mol. The fourth-order valence-corrected chi connectivity index (χ4v) is 2.31. The van der Waals surface area contributed by atoms with E-state index in [9.17, 15) is 0 Å². The summed E-state index contributed by atoms with van der Waals surface area (Å²) >= 11 is 0. The zero-order valence-electron chi connectivity index (χ0n) is 9.12. The number of nitrogens with zero attached hydrogens (tertiary/aromatic N) is 1. The minimum Gasteiger partial charge on any atom is -0.396 e. The van der Waals surface area contributed by atoms with Crippen molar-refractivity contribution < 1.29 is 5.11 Å². The third kappa shape index (κ3) is 3.95. The van der Waals surface area contributed by atoms with Gasteiger partial charge in [-0.2, -0.15) is 0 Å². The molecule has 1 aliphatic rings. The first-order chi connectivity index (χ1) is 6.88. The molecule has 14 heavy (non-hydrogen) atoms. The van der Waals surface area contributed by atoms with Gasteiger partial charge in [-0.05, 0) is 38.8 Å². The maximum Gasteiger partial charge on any atom is 0.0443 e. The first-order valence-electron chi connectivity index (χ1n) is 5.93. The molecule has 3 heteroatoms. The molecule has 0 heterocycles. The summed E-state index contributed by atoms with van der Waals surface area (Å²) in [5.41, 5.74) is 5.53. The molecule has 0 amide bonds. The summed E-state index contributed by atoms with van der Waals surface area (Å²) in [4.78, 5) is 2.52. The molecule has 0 aromatic heterocycles. The van der Waals surface area contributed by atoms with Crippen LogP contribution in [0.2, 0.25) is 0 Å². The van der Waals surface area contributed by atoms with Gasteiger partial charge in [0.15, 0.2) is 0 Å². The van der Waals surface area contributed by atoms with E-state index in [4.69, 9.17) is 10.8 Å². The lowest BCUT2D eigenvalue weighted by Gasteiger charge is -2.28. The Morgan fingerprint density at radius 2 is 1.79 bits per heavy atom. The molecule has 1 fully saturated rings. The molecule has 0 spiro atoms. The third-order valence-electron chi connectivity index (χ3n) is 3.09. The Bertz CT molecular complexity index is 127. The highest BCUT2D eigenvalue weighted by molar-refractivity contribution is 4.77. The van der Waals surface area contributed by atoms with Crippen LogP contribution in [0.3, 0.4) is 0 Å². The monoisotopic (exact) mass is 200 g/mol. The van der Waals surface area contributed by atoms with Crippen LogP contribution < -0.4 is 5.73 Å². The first kappa shape index (κ1) is 12.0. The van der Waals surface area contributed by atoms with E-state index in [2.05, 4.69) is 4.90 Å². The quantitative estimate of drug-likeness (QED) is 0.643. The van der Waals surface area contributed by atoms with Crippen LogP contribution in [-0.4, -0.2) is 42.3 Å². The zero-order chi connectivity index (χ0) is 10.2. The van der Waals surface area contributed by atoms with E-state index < -0.39 is 0 Å². The molecule has 0 unspecified atom stereocenters. The van der Waals surface area contributed by atoms with Crippen LogP contribution in [-0.2, 0) is 0 Å². The summed E-state index contributed by atoms with van der Waals surface area (Å²) in [7, 11) is 0. The molecule has 1 aliphatic carbocycles. The summed E-state index contributed by atoms with van der Waals surface area (Å²) in [5.74, 6) is 0. The standard InChI is InChI=1S/C11H24N2O/c12-7-3-8-13(9-4-10-14)11-5-1-2-6-11/h11,14H,1-10,12H2. The smallest absolute Gasteiger partial charge is 0.0443 e. The minimum absolute atomic E-state index is 0.311. The number of hydrogen-bond donors (Lipinski definition) is 2. The van der Waals surface area contributed by atoms with Crippen LogP contribution in [0.4, 0.5) is 0 Å². The zero-order valence-corrected chi connectivity index (χ0v) is 9.12. The molecule has 0 aliphatic heterocycles. The van der Waals surface area contributed by atoms with Gasteiger partial charge in [-0.15, -0.1) is 0 Å². The molecule has 0 radical (unpaired) electrons. The normalized spacial score (nSPS) is 18.2. The highest BCUT2D eigenvalue weighted by Gasteiger charge is 2.21. The van der Waals surface area contributed by atoms with Gasteiger partial charge in [-0.3, -0.25) is 0 Å². The van der Waals surface area contributed by atoms with E-state index >= 15 is 0 Å². The van der Waals surface area contributed by atoms with Crippen molar-refractivity contribution in [1.29, 1.82) is 0 Å². The lowest BCUT2D eigenvalue weighted by Crippen LogP contribution is -2.36. The minimum atomic E-state index is 0.311. The SMILES string of the molecule is NCCCN(CCCO)C1CCCC1. The molecule has 0 aromatic carbocycles. The summed E-state index contributed by atoms with van der Waals surface area (Å²) in [6, 6.07) is 0.771. The molecule has 0 aromatic rings. The largest absolute Gasteiger partial charge is 0.396 e. The maximum atomic E-state index is 8.83. The molecule has 0 saturated heterocycles. The molecule has 84 valence electrons. The molecule has 3 nitrogen and oxygen atoms in total. The topological polar surface area (TPSA) is 49.5 Å². The lowest BCUT2D eigenvalue weighted by molar-refractivity contribution is 0.174. The number of aliphatic hydroxyl groups is 1. The highest BCUT2D eigenvalue weighted by atomic mass is 16.3. The molecule has 3 N–H and O–H groups in total. The van der Waals surface area contributed by atoms with Crippen LogP contribution in [0.25, 0.3) is 0 Å². The predicted molar refractivity (Wildman–Crippen MR) is 59.2 cm³/mol. The third-order valence-corrected chi connectivity index (χ3v) is 3.09. The summed E-state index contributed by atoms with van der Waals surface area (Å²) < 4.78 is 0. The van der Waals surface area contributed by atoms with Crippen LogP contribution >= 0.6 is 0 Å². The molecule has 1 saturated carbocycles. The predicted octanol–water partition coefficient (Wildman–Crippen LogP) is 0.962. The van der Waals surface area contributed by atoms with Crippen LogP contribution in [0.1, 0.15) is 38.5 Å². The van der Waals surface area contributed by atoms with Crippen molar-refractivity contribution in [3.05, 3.63) is 0 Å². The second-order valence-electron chi connectivity index (χ2n) is 4.19. The Morgan fingerprint density at radius 3 is 2.36 bits per heavy atom. The highest BCUT2D eigenvalue weighted by Crippen LogP contribution is 2.23. The van der Waals surface area contributed by atoms with E-state index in [0.29, 0.717) is 6.61 Å². The van der Waals surface area contributed by atoms with Crippen LogP contribution in [0.5, 0.6) is 0 Å². The molecule has 1 rings (SSSR count). The van der Waals surface area contributed by atoms with E-state index in [1.807, 2.05) is 0 Å². The molecule has 0 bridgehead atoms. The van der Waals surface area contributed by atoms with Gasteiger partial charge >= 0.3 is 0 Å². The molecule has 0 atom stereocenters. The van der Waals surface area contributed by atoms with Crippen molar-refractivity contribution in [2.75, 3.05) is 26.2 Å². The number of hydrogen-bond acceptors (Lipinski definition) is 3. The fourth-order valence-electron chi connectivity index (χ4n) is 2.31. The Kier molecular flexibility index (Phi) is 6.15. The second kappa shape index (κ2) is 7.21. The summed E-state index contributed by atoms with van der Waals surface area (Å²) in [6.45, 7) is 3.25. The molecular weight excluding hydrogens is 176 g/mol. The van der Waals surface area contributed by atoms with Crippen molar-refractivity contribution in [2.24, 2.45) is 5.73 Å². The van der Waals surface area contributed by atoms with E-state index in [-0.39, 0.29) is 0 Å². The van der Waals surface area contributed by atoms with Gasteiger partial charge in [0.1, 0.15) is 0 Å². The van der Waals surface area contributed by atoms with Gasteiger partial charge in [0.25, 0.3) is 0 Å². The lowest BCUT2D eigenvalue weighted by atomic mass is 10.2. The van der Waals surface area contributed by atoms with Gasteiger partial charge in [-0.25, -0.2) is 0 Å². The number of nitrogens with two attached hydrogens (primary N) is 1. The average Bonchev–Trinajstić information content (AvgIpc) is 2.71. The Balaban J connectivity index is 2.26. The fraction of sp³-hybridized carbons (Fsp3) is 1.00. The van der Waals surface area contributed by atoms with Crippen molar-refractivity contribution >= 4 is 0 Å². The van der Waals surface area contributed by atoms with E-state index in [1.54, 1.807) is 0 Å². The summed E-state index contributed by atoms with van der Waals surface area (Å²) in [5, 5.41) is 8.83. The first-order valence-corrected chi connectivity index (χ1v) is 5.93. The van der Waals surface area contributed by atoms with Gasteiger partial charge < -0.3 is 15.7 Å².